The van der Waals surface area contributed by atoms with Gasteiger partial charge in [-0.15, -0.1) is 0 Å². The van der Waals surface area contributed by atoms with Crippen molar-refractivity contribution >= 4 is 0 Å². The van der Waals surface area contributed by atoms with E-state index in [0.29, 0.717) is 6.10 Å². The van der Waals surface area contributed by atoms with Gasteiger partial charge >= 0.3 is 0 Å². The lowest BCUT2D eigenvalue weighted by Crippen LogP contribution is -2.34. The van der Waals surface area contributed by atoms with Crippen molar-refractivity contribution in [2.45, 2.75) is 56.7 Å². The lowest BCUT2D eigenvalue weighted by molar-refractivity contribution is 0.0165. The Hall–Kier alpha value is -0.160. The number of hydrogen-bond donors (Lipinski definition) is 1. The molecule has 3 aliphatic rings. The third-order valence-electron chi connectivity index (χ3n) is 4.51. The molecule has 0 aromatic rings. The first-order chi connectivity index (χ1) is 9.42. The van der Waals surface area contributed by atoms with Gasteiger partial charge in [0.1, 0.15) is 0 Å². The number of rotatable bonds is 8. The molecule has 1 saturated carbocycles. The summed E-state index contributed by atoms with van der Waals surface area (Å²) in [5, 5.41) is 3.67. The Kier molecular flexibility index (Phi) is 5.10. The molecule has 2 unspecified atom stereocenters. The molecular formula is C15H28N2O2. The van der Waals surface area contributed by atoms with E-state index in [1.165, 1.54) is 45.2 Å². The van der Waals surface area contributed by atoms with Crippen molar-refractivity contribution in [1.29, 1.82) is 0 Å². The Bertz CT molecular complexity index is 265. The second-order valence-corrected chi connectivity index (χ2v) is 6.23. The number of likely N-dealkylation sites (tertiary alicyclic amines) is 1. The fourth-order valence-electron chi connectivity index (χ4n) is 3.20. The standard InChI is InChI=1S/C15H28N2O2/c1-3-15(19-10-1)12-18-9-2-7-16-13-6-8-17(11-13)14-4-5-14/h13-16H,1-12H2. The van der Waals surface area contributed by atoms with Crippen LogP contribution in [0.5, 0.6) is 0 Å². The molecule has 1 N–H and O–H groups in total. The van der Waals surface area contributed by atoms with Gasteiger partial charge in [0.15, 0.2) is 0 Å². The van der Waals surface area contributed by atoms with Gasteiger partial charge in [-0.25, -0.2) is 0 Å². The summed E-state index contributed by atoms with van der Waals surface area (Å²) in [6, 6.07) is 1.65. The van der Waals surface area contributed by atoms with Gasteiger partial charge in [0, 0.05) is 38.4 Å². The molecule has 0 aromatic heterocycles. The second-order valence-electron chi connectivity index (χ2n) is 6.23. The van der Waals surface area contributed by atoms with E-state index in [9.17, 15) is 0 Å². The van der Waals surface area contributed by atoms with Crippen molar-refractivity contribution < 1.29 is 9.47 Å². The zero-order valence-corrected chi connectivity index (χ0v) is 12.0. The maximum atomic E-state index is 5.68. The SMILES string of the molecule is C(CNC1CCN(C2CC2)C1)COCC1CCCO1. The highest BCUT2D eigenvalue weighted by Gasteiger charge is 2.33. The Morgan fingerprint density at radius 2 is 2.16 bits per heavy atom. The zero-order valence-electron chi connectivity index (χ0n) is 12.0. The van der Waals surface area contributed by atoms with Gasteiger partial charge in [0.05, 0.1) is 12.7 Å². The molecule has 3 rings (SSSR count). The molecule has 1 aliphatic carbocycles. The molecule has 0 radical (unpaired) electrons. The smallest absolute Gasteiger partial charge is 0.0809 e. The van der Waals surface area contributed by atoms with Crippen molar-refractivity contribution in [2.24, 2.45) is 0 Å². The van der Waals surface area contributed by atoms with Gasteiger partial charge in [-0.3, -0.25) is 4.90 Å². The maximum Gasteiger partial charge on any atom is 0.0809 e. The van der Waals surface area contributed by atoms with E-state index in [0.717, 1.165) is 44.9 Å². The summed E-state index contributed by atoms with van der Waals surface area (Å²) in [6.07, 6.45) is 8.06. The summed E-state index contributed by atoms with van der Waals surface area (Å²) in [4.78, 5) is 2.66. The van der Waals surface area contributed by atoms with Crippen LogP contribution in [0.25, 0.3) is 0 Å². The summed E-state index contributed by atoms with van der Waals surface area (Å²) in [6.45, 7) is 6.24. The third-order valence-corrected chi connectivity index (χ3v) is 4.51. The Morgan fingerprint density at radius 1 is 1.21 bits per heavy atom. The van der Waals surface area contributed by atoms with Crippen molar-refractivity contribution in [3.8, 4) is 0 Å². The quantitative estimate of drug-likeness (QED) is 0.675. The predicted molar refractivity (Wildman–Crippen MR) is 75.4 cm³/mol. The van der Waals surface area contributed by atoms with Crippen LogP contribution in [0.4, 0.5) is 0 Å². The van der Waals surface area contributed by atoms with Crippen molar-refractivity contribution in [2.75, 3.05) is 39.5 Å². The van der Waals surface area contributed by atoms with Crippen LogP contribution in [-0.4, -0.2) is 62.5 Å². The first-order valence-corrected chi connectivity index (χ1v) is 8.08. The van der Waals surface area contributed by atoms with Crippen LogP contribution in [0.1, 0.15) is 38.5 Å². The molecule has 19 heavy (non-hydrogen) atoms. The molecule has 2 aliphatic heterocycles. The Balaban J connectivity index is 1.16. The largest absolute Gasteiger partial charge is 0.379 e. The average molecular weight is 268 g/mol. The lowest BCUT2D eigenvalue weighted by Gasteiger charge is -2.16. The van der Waals surface area contributed by atoms with E-state index < -0.39 is 0 Å². The highest BCUT2D eigenvalue weighted by Crippen LogP contribution is 2.29. The molecule has 0 amide bonds. The number of nitrogens with one attached hydrogen (secondary N) is 1. The topological polar surface area (TPSA) is 33.7 Å². The number of hydrogen-bond acceptors (Lipinski definition) is 4. The monoisotopic (exact) mass is 268 g/mol. The van der Waals surface area contributed by atoms with E-state index >= 15 is 0 Å². The Morgan fingerprint density at radius 3 is 2.95 bits per heavy atom. The minimum absolute atomic E-state index is 0.370. The van der Waals surface area contributed by atoms with Crippen LogP contribution >= 0.6 is 0 Å². The third kappa shape index (κ3) is 4.42. The average Bonchev–Trinajstić information content (AvgIpc) is 2.96. The predicted octanol–water partition coefficient (Wildman–Crippen LogP) is 1.40. The number of ether oxygens (including phenoxy) is 2. The fourth-order valence-corrected chi connectivity index (χ4v) is 3.20. The van der Waals surface area contributed by atoms with Gasteiger partial charge in [-0.1, -0.05) is 0 Å². The summed E-state index contributed by atoms with van der Waals surface area (Å²) in [7, 11) is 0. The molecule has 2 heterocycles. The highest BCUT2D eigenvalue weighted by molar-refractivity contribution is 4.91. The van der Waals surface area contributed by atoms with Gasteiger partial charge in [-0.05, 0) is 45.1 Å². The van der Waals surface area contributed by atoms with E-state index in [-0.39, 0.29) is 0 Å². The molecule has 2 saturated heterocycles. The van der Waals surface area contributed by atoms with Crippen LogP contribution in [0.2, 0.25) is 0 Å². The molecule has 0 spiro atoms. The molecular weight excluding hydrogens is 240 g/mol. The van der Waals surface area contributed by atoms with Gasteiger partial charge in [0.2, 0.25) is 0 Å². The summed E-state index contributed by atoms with van der Waals surface area (Å²) in [5.41, 5.74) is 0. The zero-order chi connectivity index (χ0) is 12.9. The molecule has 3 fully saturated rings. The molecule has 4 nitrogen and oxygen atoms in total. The molecule has 4 heteroatoms. The van der Waals surface area contributed by atoms with Crippen molar-refractivity contribution in [1.82, 2.24) is 10.2 Å². The minimum Gasteiger partial charge on any atom is -0.379 e. The highest BCUT2D eigenvalue weighted by atomic mass is 16.5. The number of nitrogens with zero attached hydrogens (tertiary/aromatic N) is 1. The summed E-state index contributed by atoms with van der Waals surface area (Å²) in [5.74, 6) is 0. The fraction of sp³-hybridized carbons (Fsp3) is 1.00. The van der Waals surface area contributed by atoms with E-state index in [4.69, 9.17) is 9.47 Å². The van der Waals surface area contributed by atoms with Crippen LogP contribution < -0.4 is 5.32 Å². The molecule has 2 atom stereocenters. The molecule has 0 aromatic carbocycles. The van der Waals surface area contributed by atoms with Crippen LogP contribution in [0.3, 0.4) is 0 Å². The normalized spacial score (nSPS) is 32.2. The van der Waals surface area contributed by atoms with Crippen LogP contribution in [-0.2, 0) is 9.47 Å². The van der Waals surface area contributed by atoms with Crippen molar-refractivity contribution in [3.63, 3.8) is 0 Å². The van der Waals surface area contributed by atoms with Crippen LogP contribution in [0, 0.1) is 0 Å². The van der Waals surface area contributed by atoms with E-state index in [1.807, 2.05) is 0 Å². The molecule has 110 valence electrons. The van der Waals surface area contributed by atoms with Crippen molar-refractivity contribution in [3.05, 3.63) is 0 Å². The second kappa shape index (κ2) is 7.02. The lowest BCUT2D eigenvalue weighted by atomic mass is 10.2. The van der Waals surface area contributed by atoms with E-state index in [2.05, 4.69) is 10.2 Å². The van der Waals surface area contributed by atoms with Gasteiger partial charge in [0.25, 0.3) is 0 Å². The van der Waals surface area contributed by atoms with Crippen LogP contribution in [0.15, 0.2) is 0 Å². The maximum absolute atomic E-state index is 5.68. The van der Waals surface area contributed by atoms with E-state index in [1.54, 1.807) is 0 Å². The summed E-state index contributed by atoms with van der Waals surface area (Å²) >= 11 is 0. The van der Waals surface area contributed by atoms with Gasteiger partial charge < -0.3 is 14.8 Å². The van der Waals surface area contributed by atoms with Gasteiger partial charge in [-0.2, -0.15) is 0 Å². The Labute approximate surface area is 116 Å². The minimum atomic E-state index is 0.370. The molecule has 0 bridgehead atoms. The first-order valence-electron chi connectivity index (χ1n) is 8.08. The summed E-state index contributed by atoms with van der Waals surface area (Å²) < 4.78 is 11.2. The first kappa shape index (κ1) is 13.8.